The highest BCUT2D eigenvalue weighted by atomic mass is 32.2. The molecule has 0 aliphatic carbocycles. The third-order valence-electron chi connectivity index (χ3n) is 5.22. The van der Waals surface area contributed by atoms with Crippen LogP contribution in [0, 0.1) is 5.82 Å². The van der Waals surface area contributed by atoms with Crippen LogP contribution in [-0.2, 0) is 19.4 Å². The molecule has 0 saturated heterocycles. The molecule has 0 fully saturated rings. The summed E-state index contributed by atoms with van der Waals surface area (Å²) >= 11 is 2.08. The van der Waals surface area contributed by atoms with E-state index in [1.54, 1.807) is 12.1 Å². The summed E-state index contributed by atoms with van der Waals surface area (Å²) in [6.45, 7) is 3.35. The maximum atomic E-state index is 13.2. The number of hydrogen-bond acceptors (Lipinski definition) is 2. The van der Waals surface area contributed by atoms with Crippen LogP contribution in [0.4, 0.5) is 4.39 Å². The molecule has 0 saturated carbocycles. The molecule has 0 radical (unpaired) electrons. The van der Waals surface area contributed by atoms with Gasteiger partial charge in [0.2, 0.25) is 0 Å². The van der Waals surface area contributed by atoms with Gasteiger partial charge in [0.05, 0.1) is 6.33 Å². The Morgan fingerprint density at radius 1 is 0.964 bits per heavy atom. The number of benzene rings is 2. The number of aromatic nitrogens is 2. The molecule has 0 amide bonds. The Kier molecular flexibility index (Phi) is 7.72. The molecule has 0 aliphatic rings. The van der Waals surface area contributed by atoms with E-state index in [9.17, 15) is 4.39 Å². The van der Waals surface area contributed by atoms with Crippen molar-refractivity contribution < 1.29 is 4.39 Å². The van der Waals surface area contributed by atoms with Gasteiger partial charge in [-0.05, 0) is 61.1 Å². The van der Waals surface area contributed by atoms with Gasteiger partial charge >= 0.3 is 0 Å². The molecule has 0 spiro atoms. The number of hydrogen-bond donors (Lipinski definition) is 0. The fourth-order valence-electron chi connectivity index (χ4n) is 3.35. The van der Waals surface area contributed by atoms with Crippen LogP contribution in [0.2, 0.25) is 0 Å². The van der Waals surface area contributed by atoms with Crippen molar-refractivity contribution in [3.05, 3.63) is 90.3 Å². The first-order chi connectivity index (χ1) is 13.6. The Morgan fingerprint density at radius 2 is 1.71 bits per heavy atom. The van der Waals surface area contributed by atoms with E-state index in [-0.39, 0.29) is 10.6 Å². The molecule has 0 N–H and O–H groups in total. The van der Waals surface area contributed by atoms with Crippen LogP contribution in [0.25, 0.3) is 0 Å². The number of thioether (sulfide) groups is 1. The van der Waals surface area contributed by atoms with Crippen LogP contribution < -0.4 is 0 Å². The second-order valence-corrected chi connectivity index (χ2v) is 9.25. The summed E-state index contributed by atoms with van der Waals surface area (Å²) in [6, 6.07) is 17.6. The molecule has 1 atom stereocenters. The minimum absolute atomic E-state index is 0.165. The highest BCUT2D eigenvalue weighted by Crippen LogP contribution is 2.35. The van der Waals surface area contributed by atoms with Crippen LogP contribution in [0.1, 0.15) is 37.3 Å². The molecule has 28 heavy (non-hydrogen) atoms. The number of rotatable bonds is 11. The minimum atomic E-state index is -0.165. The smallest absolute Gasteiger partial charge is 0.123 e. The molecule has 2 aromatic carbocycles. The third-order valence-corrected chi connectivity index (χ3v) is 6.81. The number of nitrogens with zero attached hydrogens (tertiary/aromatic N) is 2. The lowest BCUT2D eigenvalue weighted by Crippen LogP contribution is -2.24. The van der Waals surface area contributed by atoms with E-state index in [1.165, 1.54) is 17.5 Å². The molecule has 3 rings (SSSR count). The van der Waals surface area contributed by atoms with Crippen LogP contribution in [0.3, 0.4) is 0 Å². The van der Waals surface area contributed by atoms with Crippen LogP contribution >= 0.6 is 11.8 Å². The fraction of sp³-hybridized carbons (Fsp3) is 0.375. The SMILES string of the molecule is CC(CCc1ccc(F)cc1)(CCn1ccnc1)SCCCc1ccccc1. The second kappa shape index (κ2) is 10.5. The predicted octanol–water partition coefficient (Wildman–Crippen LogP) is 6.17. The largest absolute Gasteiger partial charge is 0.337 e. The van der Waals surface area contributed by atoms with Gasteiger partial charge in [0.25, 0.3) is 0 Å². The van der Waals surface area contributed by atoms with Gasteiger partial charge in [0, 0.05) is 23.7 Å². The summed E-state index contributed by atoms with van der Waals surface area (Å²) in [5.41, 5.74) is 2.62. The summed E-state index contributed by atoms with van der Waals surface area (Å²) in [5, 5.41) is 0. The van der Waals surface area contributed by atoms with Crippen molar-refractivity contribution in [3.63, 3.8) is 0 Å². The van der Waals surface area contributed by atoms with Crippen molar-refractivity contribution in [1.82, 2.24) is 9.55 Å². The minimum Gasteiger partial charge on any atom is -0.337 e. The van der Waals surface area contributed by atoms with Gasteiger partial charge in [-0.2, -0.15) is 11.8 Å². The maximum absolute atomic E-state index is 13.2. The van der Waals surface area contributed by atoms with Crippen LogP contribution in [-0.4, -0.2) is 20.1 Å². The number of aryl methyl sites for hydroxylation is 3. The van der Waals surface area contributed by atoms with Crippen molar-refractivity contribution in [3.8, 4) is 0 Å². The van der Waals surface area contributed by atoms with E-state index in [1.807, 2.05) is 30.9 Å². The van der Waals surface area contributed by atoms with Gasteiger partial charge in [-0.1, -0.05) is 49.4 Å². The summed E-state index contributed by atoms with van der Waals surface area (Å²) in [6.07, 6.45) is 11.2. The molecule has 2 nitrogen and oxygen atoms in total. The van der Waals surface area contributed by atoms with E-state index in [4.69, 9.17) is 0 Å². The number of imidazole rings is 1. The highest BCUT2D eigenvalue weighted by Gasteiger charge is 2.24. The zero-order chi connectivity index (χ0) is 19.7. The predicted molar refractivity (Wildman–Crippen MR) is 117 cm³/mol. The van der Waals surface area contributed by atoms with Gasteiger partial charge < -0.3 is 4.57 Å². The van der Waals surface area contributed by atoms with E-state index in [0.29, 0.717) is 0 Å². The molecule has 148 valence electrons. The molecule has 1 aromatic heterocycles. The zero-order valence-electron chi connectivity index (χ0n) is 16.6. The van der Waals surface area contributed by atoms with Crippen LogP contribution in [0.5, 0.6) is 0 Å². The van der Waals surface area contributed by atoms with E-state index >= 15 is 0 Å². The lowest BCUT2D eigenvalue weighted by molar-refractivity contribution is 0.492. The highest BCUT2D eigenvalue weighted by molar-refractivity contribution is 8.00. The third kappa shape index (κ3) is 6.83. The second-order valence-electron chi connectivity index (χ2n) is 7.56. The monoisotopic (exact) mass is 396 g/mol. The lowest BCUT2D eigenvalue weighted by atomic mass is 9.97. The quantitative estimate of drug-likeness (QED) is 0.361. The summed E-state index contributed by atoms with van der Waals surface area (Å²) in [7, 11) is 0. The fourth-order valence-corrected chi connectivity index (χ4v) is 4.62. The summed E-state index contributed by atoms with van der Waals surface area (Å²) in [4.78, 5) is 4.15. The first-order valence-electron chi connectivity index (χ1n) is 10.0. The topological polar surface area (TPSA) is 17.8 Å². The normalized spacial score (nSPS) is 13.4. The molecule has 1 unspecified atom stereocenters. The average molecular weight is 397 g/mol. The zero-order valence-corrected chi connectivity index (χ0v) is 17.4. The van der Waals surface area contributed by atoms with Crippen molar-refractivity contribution in [2.24, 2.45) is 0 Å². The van der Waals surface area contributed by atoms with Gasteiger partial charge in [-0.3, -0.25) is 0 Å². The standard InChI is InChI=1S/C24H29FN2S/c1-24(15-17-27-18-16-26-20-27,14-13-22-9-11-23(25)12-10-22)28-19-5-8-21-6-3-2-4-7-21/h2-4,6-7,9-12,16,18,20H,5,8,13-15,17,19H2,1H3. The van der Waals surface area contributed by atoms with E-state index in [0.717, 1.165) is 38.0 Å². The first-order valence-corrected chi connectivity index (χ1v) is 11.0. The maximum Gasteiger partial charge on any atom is 0.123 e. The Morgan fingerprint density at radius 3 is 2.43 bits per heavy atom. The molecule has 3 aromatic rings. The van der Waals surface area contributed by atoms with E-state index in [2.05, 4.69) is 58.6 Å². The molecule has 0 bridgehead atoms. The van der Waals surface area contributed by atoms with Crippen LogP contribution in [0.15, 0.2) is 73.3 Å². The Balaban J connectivity index is 1.53. The van der Waals surface area contributed by atoms with Crippen molar-refractivity contribution in [2.45, 2.75) is 50.3 Å². The lowest BCUT2D eigenvalue weighted by Gasteiger charge is -2.30. The summed E-state index contributed by atoms with van der Waals surface area (Å²) < 4.78 is 15.5. The van der Waals surface area contributed by atoms with Crippen molar-refractivity contribution in [1.29, 1.82) is 0 Å². The Labute approximate surface area is 172 Å². The van der Waals surface area contributed by atoms with E-state index < -0.39 is 0 Å². The molecule has 0 aliphatic heterocycles. The van der Waals surface area contributed by atoms with Gasteiger partial charge in [-0.25, -0.2) is 9.37 Å². The van der Waals surface area contributed by atoms with Gasteiger partial charge in [0.1, 0.15) is 5.82 Å². The molecular formula is C24H29FN2S. The first kappa shape index (κ1) is 20.7. The number of halogens is 1. The Hall–Kier alpha value is -2.07. The Bertz CT molecular complexity index is 802. The average Bonchev–Trinajstić information content (AvgIpc) is 3.24. The van der Waals surface area contributed by atoms with Gasteiger partial charge in [0.15, 0.2) is 0 Å². The van der Waals surface area contributed by atoms with Crippen molar-refractivity contribution >= 4 is 11.8 Å². The molecule has 1 heterocycles. The van der Waals surface area contributed by atoms with Gasteiger partial charge in [-0.15, -0.1) is 0 Å². The van der Waals surface area contributed by atoms with Crippen molar-refractivity contribution in [2.75, 3.05) is 5.75 Å². The molecule has 4 heteroatoms. The summed E-state index contributed by atoms with van der Waals surface area (Å²) in [5.74, 6) is 0.987. The molecular weight excluding hydrogens is 367 g/mol.